The molecular weight excluding hydrogens is 328 g/mol. The molecule has 7 nitrogen and oxygen atoms in total. The average Bonchev–Trinajstić information content (AvgIpc) is 3.19. The zero-order chi connectivity index (χ0) is 16.7. The van der Waals surface area contributed by atoms with Gasteiger partial charge in [0.1, 0.15) is 13.2 Å². The molecule has 0 saturated carbocycles. The van der Waals surface area contributed by atoms with Gasteiger partial charge in [-0.1, -0.05) is 11.3 Å². The number of benzene rings is 1. The van der Waals surface area contributed by atoms with Crippen molar-refractivity contribution in [2.24, 2.45) is 0 Å². The number of amides is 1. The number of thiazole rings is 1. The van der Waals surface area contributed by atoms with Crippen LogP contribution >= 0.6 is 11.3 Å². The number of hydrogen-bond acceptors (Lipinski definition) is 6. The second kappa shape index (κ2) is 5.79. The van der Waals surface area contributed by atoms with Gasteiger partial charge in [0, 0.05) is 24.4 Å². The predicted octanol–water partition coefficient (Wildman–Crippen LogP) is 3.10. The lowest BCUT2D eigenvalue weighted by Crippen LogP contribution is -2.15. The smallest absolute Gasteiger partial charge is 0.277 e. The third kappa shape index (κ3) is 2.69. The Morgan fingerprint density at radius 1 is 1.29 bits per heavy atom. The van der Waals surface area contributed by atoms with Crippen molar-refractivity contribution in [3.8, 4) is 11.5 Å². The first-order chi connectivity index (χ1) is 11.6. The normalized spacial score (nSPS) is 13.5. The molecular formula is C16H16N4O3S. The minimum atomic E-state index is -0.272. The van der Waals surface area contributed by atoms with E-state index in [4.69, 9.17) is 9.47 Å². The highest BCUT2D eigenvalue weighted by molar-refractivity contribution is 7.22. The molecule has 0 aliphatic carbocycles. The summed E-state index contributed by atoms with van der Waals surface area (Å²) in [5, 5.41) is 7.59. The summed E-state index contributed by atoms with van der Waals surface area (Å²) in [6.45, 7) is 5.09. The molecule has 0 bridgehead atoms. The van der Waals surface area contributed by atoms with Crippen LogP contribution in [-0.2, 0) is 0 Å². The molecule has 1 N–H and O–H groups in total. The number of hydrogen-bond donors (Lipinski definition) is 1. The van der Waals surface area contributed by atoms with Crippen LogP contribution in [-0.4, -0.2) is 33.9 Å². The monoisotopic (exact) mass is 344 g/mol. The molecule has 8 heteroatoms. The summed E-state index contributed by atoms with van der Waals surface area (Å²) < 4.78 is 13.8. The second-order valence-corrected chi connectivity index (χ2v) is 6.74. The molecule has 0 spiro atoms. The van der Waals surface area contributed by atoms with E-state index in [1.165, 1.54) is 11.3 Å². The second-order valence-electron chi connectivity index (χ2n) is 5.71. The van der Waals surface area contributed by atoms with E-state index in [1.54, 1.807) is 16.9 Å². The van der Waals surface area contributed by atoms with Gasteiger partial charge in [-0.25, -0.2) is 4.98 Å². The summed E-state index contributed by atoms with van der Waals surface area (Å²) >= 11 is 1.39. The fourth-order valence-corrected chi connectivity index (χ4v) is 3.30. The van der Waals surface area contributed by atoms with Crippen LogP contribution in [0.1, 0.15) is 30.4 Å². The van der Waals surface area contributed by atoms with Crippen LogP contribution < -0.4 is 14.8 Å². The van der Waals surface area contributed by atoms with E-state index < -0.39 is 0 Å². The Morgan fingerprint density at radius 2 is 2.04 bits per heavy atom. The van der Waals surface area contributed by atoms with Crippen molar-refractivity contribution in [2.75, 3.05) is 18.5 Å². The van der Waals surface area contributed by atoms with Crippen molar-refractivity contribution >= 4 is 32.6 Å². The van der Waals surface area contributed by atoms with Gasteiger partial charge < -0.3 is 9.47 Å². The number of carbonyl (C=O) groups excluding carboxylic acids is 1. The molecule has 3 heterocycles. The van der Waals surface area contributed by atoms with E-state index in [0.29, 0.717) is 35.5 Å². The Balaban J connectivity index is 1.58. The molecule has 0 fully saturated rings. The summed E-state index contributed by atoms with van der Waals surface area (Å²) in [6, 6.07) is 5.64. The SMILES string of the molecule is CC(C)n1ccc(C(=O)Nc2nc3cc4c(cc3s2)OCCO4)n1. The summed E-state index contributed by atoms with van der Waals surface area (Å²) in [7, 11) is 0. The molecule has 0 saturated heterocycles. The van der Waals surface area contributed by atoms with Gasteiger partial charge in [-0.15, -0.1) is 0 Å². The van der Waals surface area contributed by atoms with Gasteiger partial charge in [0.2, 0.25) is 0 Å². The highest BCUT2D eigenvalue weighted by atomic mass is 32.1. The molecule has 1 aliphatic rings. The van der Waals surface area contributed by atoms with E-state index in [0.717, 1.165) is 10.2 Å². The molecule has 2 aromatic heterocycles. The highest BCUT2D eigenvalue weighted by Gasteiger charge is 2.17. The molecule has 0 atom stereocenters. The van der Waals surface area contributed by atoms with Crippen LogP contribution in [0.4, 0.5) is 5.13 Å². The Morgan fingerprint density at radius 3 is 2.75 bits per heavy atom. The fourth-order valence-electron chi connectivity index (χ4n) is 2.43. The van der Waals surface area contributed by atoms with Gasteiger partial charge in [-0.2, -0.15) is 5.10 Å². The highest BCUT2D eigenvalue weighted by Crippen LogP contribution is 2.37. The first kappa shape index (κ1) is 14.9. The van der Waals surface area contributed by atoms with E-state index in [9.17, 15) is 4.79 Å². The van der Waals surface area contributed by atoms with Crippen LogP contribution in [0.25, 0.3) is 10.2 Å². The van der Waals surface area contributed by atoms with Crippen molar-refractivity contribution in [2.45, 2.75) is 19.9 Å². The molecule has 1 aliphatic heterocycles. The third-order valence-electron chi connectivity index (χ3n) is 3.64. The number of nitrogens with one attached hydrogen (secondary N) is 1. The molecule has 4 rings (SSSR count). The van der Waals surface area contributed by atoms with Crippen LogP contribution in [0.3, 0.4) is 0 Å². The Labute approximate surface area is 142 Å². The van der Waals surface area contributed by atoms with Gasteiger partial charge in [-0.05, 0) is 19.9 Å². The fraction of sp³-hybridized carbons (Fsp3) is 0.312. The third-order valence-corrected chi connectivity index (χ3v) is 4.58. The predicted molar refractivity (Wildman–Crippen MR) is 91.2 cm³/mol. The molecule has 0 radical (unpaired) electrons. The summed E-state index contributed by atoms with van der Waals surface area (Å²) in [6.07, 6.45) is 1.79. The van der Waals surface area contributed by atoms with Gasteiger partial charge >= 0.3 is 0 Å². The molecule has 1 amide bonds. The Bertz CT molecular complexity index is 872. The quantitative estimate of drug-likeness (QED) is 0.790. The Hall–Kier alpha value is -2.61. The van der Waals surface area contributed by atoms with E-state index >= 15 is 0 Å². The number of nitrogens with zero attached hydrogens (tertiary/aromatic N) is 3. The number of ether oxygens (including phenoxy) is 2. The maximum atomic E-state index is 12.3. The number of fused-ring (bicyclic) bond motifs is 2. The van der Waals surface area contributed by atoms with Crippen LogP contribution in [0, 0.1) is 0 Å². The summed E-state index contributed by atoms with van der Waals surface area (Å²) in [5.74, 6) is 1.13. The van der Waals surface area contributed by atoms with Crippen molar-refractivity contribution in [1.82, 2.24) is 14.8 Å². The van der Waals surface area contributed by atoms with Crippen LogP contribution in [0.15, 0.2) is 24.4 Å². The Kier molecular flexibility index (Phi) is 3.61. The minimum absolute atomic E-state index is 0.209. The van der Waals surface area contributed by atoms with Crippen molar-refractivity contribution < 1.29 is 14.3 Å². The van der Waals surface area contributed by atoms with E-state index in [-0.39, 0.29) is 11.9 Å². The summed E-state index contributed by atoms with van der Waals surface area (Å²) in [5.41, 5.74) is 1.14. The molecule has 24 heavy (non-hydrogen) atoms. The molecule has 0 unspecified atom stereocenters. The minimum Gasteiger partial charge on any atom is -0.486 e. The van der Waals surface area contributed by atoms with Crippen LogP contribution in [0.5, 0.6) is 11.5 Å². The number of rotatable bonds is 3. The van der Waals surface area contributed by atoms with Gasteiger partial charge in [0.05, 0.1) is 10.2 Å². The number of anilines is 1. The summed E-state index contributed by atoms with van der Waals surface area (Å²) in [4.78, 5) is 16.8. The number of carbonyl (C=O) groups is 1. The van der Waals surface area contributed by atoms with Crippen LogP contribution in [0.2, 0.25) is 0 Å². The van der Waals surface area contributed by atoms with E-state index in [2.05, 4.69) is 15.4 Å². The van der Waals surface area contributed by atoms with Crippen molar-refractivity contribution in [1.29, 1.82) is 0 Å². The van der Waals surface area contributed by atoms with Crippen molar-refractivity contribution in [3.05, 3.63) is 30.1 Å². The van der Waals surface area contributed by atoms with Gasteiger partial charge in [-0.3, -0.25) is 14.8 Å². The first-order valence-electron chi connectivity index (χ1n) is 7.67. The zero-order valence-electron chi connectivity index (χ0n) is 13.3. The standard InChI is InChI=1S/C16H16N4O3S/c1-9(2)20-4-3-10(19-20)15(21)18-16-17-11-7-12-13(8-14(11)24-16)23-6-5-22-12/h3-4,7-9H,5-6H2,1-2H3,(H,17,18,21). The van der Waals surface area contributed by atoms with Crippen molar-refractivity contribution in [3.63, 3.8) is 0 Å². The zero-order valence-corrected chi connectivity index (χ0v) is 14.1. The average molecular weight is 344 g/mol. The molecule has 1 aromatic carbocycles. The molecule has 124 valence electrons. The van der Waals surface area contributed by atoms with E-state index in [1.807, 2.05) is 26.0 Å². The molecule has 3 aromatic rings. The maximum Gasteiger partial charge on any atom is 0.277 e. The largest absolute Gasteiger partial charge is 0.486 e. The maximum absolute atomic E-state index is 12.3. The lowest BCUT2D eigenvalue weighted by Gasteiger charge is -2.17. The first-order valence-corrected chi connectivity index (χ1v) is 8.48. The lowest BCUT2D eigenvalue weighted by molar-refractivity contribution is 0.102. The van der Waals surface area contributed by atoms with Gasteiger partial charge in [0.15, 0.2) is 22.3 Å². The topological polar surface area (TPSA) is 78.3 Å². The number of aromatic nitrogens is 3. The lowest BCUT2D eigenvalue weighted by atomic mass is 10.3. The van der Waals surface area contributed by atoms with Gasteiger partial charge in [0.25, 0.3) is 5.91 Å².